The Bertz CT molecular complexity index is 1150. The third kappa shape index (κ3) is 5.22. The minimum atomic E-state index is -4.49. The van der Waals surface area contributed by atoms with E-state index in [1.54, 1.807) is 6.08 Å². The number of amides is 1. The zero-order valence-corrected chi connectivity index (χ0v) is 16.7. The van der Waals surface area contributed by atoms with E-state index in [-0.39, 0.29) is 35.6 Å². The van der Waals surface area contributed by atoms with Crippen molar-refractivity contribution < 1.29 is 27.9 Å². The number of carboxylic acid groups (broad SMARTS) is 1. The summed E-state index contributed by atoms with van der Waals surface area (Å²) in [5, 5.41) is 10.1. The molecule has 0 saturated carbocycles. The number of aromatic nitrogens is 1. The molecule has 1 amide bonds. The Morgan fingerprint density at radius 2 is 2.03 bits per heavy atom. The highest BCUT2D eigenvalue weighted by atomic mass is 32.1. The summed E-state index contributed by atoms with van der Waals surface area (Å²) in [4.78, 5) is 36.1. The van der Waals surface area contributed by atoms with Crippen LogP contribution >= 0.6 is 11.3 Å². The fourth-order valence-electron chi connectivity index (χ4n) is 2.73. The second-order valence-electron chi connectivity index (χ2n) is 6.45. The zero-order valence-electron chi connectivity index (χ0n) is 15.9. The molecule has 0 saturated heterocycles. The number of hydrazine groups is 1. The SMILES string of the molecule is C=C(CC(=O)O)C1=NCC=CN=C1C(=O)N(N)Cc1nc2cc(C(F)(F)F)ccc2s1. The molecule has 0 atom stereocenters. The molecule has 3 N–H and O–H groups in total. The molecule has 31 heavy (non-hydrogen) atoms. The van der Waals surface area contributed by atoms with Crippen LogP contribution in [-0.4, -0.2) is 44.9 Å². The summed E-state index contributed by atoms with van der Waals surface area (Å²) >= 11 is 1.10. The van der Waals surface area contributed by atoms with Crippen LogP contribution in [0.1, 0.15) is 17.0 Å². The summed E-state index contributed by atoms with van der Waals surface area (Å²) in [6.07, 6.45) is -2.01. The van der Waals surface area contributed by atoms with E-state index in [0.717, 1.165) is 28.5 Å². The number of carbonyl (C=O) groups excluding carboxylic acids is 1. The summed E-state index contributed by atoms with van der Waals surface area (Å²) in [7, 11) is 0. The summed E-state index contributed by atoms with van der Waals surface area (Å²) in [6.45, 7) is 3.64. The molecular weight excluding hydrogens is 435 g/mol. The van der Waals surface area contributed by atoms with Gasteiger partial charge in [-0.15, -0.1) is 11.3 Å². The molecule has 0 aliphatic carbocycles. The number of aliphatic carboxylic acids is 1. The van der Waals surface area contributed by atoms with E-state index >= 15 is 0 Å². The van der Waals surface area contributed by atoms with Gasteiger partial charge in [0.15, 0.2) is 5.71 Å². The number of halogens is 3. The van der Waals surface area contributed by atoms with Gasteiger partial charge in [-0.25, -0.2) is 15.8 Å². The van der Waals surface area contributed by atoms with Crippen molar-refractivity contribution >= 4 is 44.9 Å². The standard InChI is InChI=1S/C19H16F3N5O3S/c1-10(7-15(28)29)16-17(25-6-2-5-24-16)18(30)27(23)9-14-26-12-8-11(19(20,21)22)3-4-13(12)31-14/h2-4,6,8H,1,5,7,9,23H2,(H,28,29). The van der Waals surface area contributed by atoms with Crippen LogP contribution < -0.4 is 5.84 Å². The van der Waals surface area contributed by atoms with Gasteiger partial charge in [0, 0.05) is 6.20 Å². The summed E-state index contributed by atoms with van der Waals surface area (Å²) in [5.41, 5.74) is -0.733. The first-order valence-corrected chi connectivity index (χ1v) is 9.58. The lowest BCUT2D eigenvalue weighted by molar-refractivity contribution is -0.138. The van der Waals surface area contributed by atoms with Gasteiger partial charge in [0.05, 0.1) is 41.0 Å². The molecule has 0 fully saturated rings. The first kappa shape index (κ1) is 22.3. The molecule has 0 bridgehead atoms. The first-order valence-electron chi connectivity index (χ1n) is 8.77. The van der Waals surface area contributed by atoms with Crippen molar-refractivity contribution in [3.63, 3.8) is 0 Å². The molecule has 1 aliphatic heterocycles. The normalized spacial score (nSPS) is 14.1. The minimum absolute atomic E-state index is 0.0342. The van der Waals surface area contributed by atoms with Gasteiger partial charge in [0.1, 0.15) is 5.01 Å². The van der Waals surface area contributed by atoms with E-state index in [0.29, 0.717) is 9.71 Å². The molecule has 2 aromatic rings. The Morgan fingerprint density at radius 1 is 1.29 bits per heavy atom. The third-order valence-corrected chi connectivity index (χ3v) is 5.14. The van der Waals surface area contributed by atoms with Gasteiger partial charge < -0.3 is 5.11 Å². The van der Waals surface area contributed by atoms with Crippen LogP contribution in [0.4, 0.5) is 13.2 Å². The topological polar surface area (TPSA) is 121 Å². The van der Waals surface area contributed by atoms with Crippen molar-refractivity contribution in [2.75, 3.05) is 6.54 Å². The molecule has 0 radical (unpaired) electrons. The number of rotatable bonds is 6. The summed E-state index contributed by atoms with van der Waals surface area (Å²) in [6, 6.07) is 3.20. The molecule has 1 aromatic heterocycles. The number of hydrogen-bond donors (Lipinski definition) is 2. The maximum Gasteiger partial charge on any atom is 0.416 e. The van der Waals surface area contributed by atoms with Crippen molar-refractivity contribution in [3.8, 4) is 0 Å². The van der Waals surface area contributed by atoms with E-state index in [9.17, 15) is 22.8 Å². The molecule has 2 heterocycles. The Morgan fingerprint density at radius 3 is 2.71 bits per heavy atom. The van der Waals surface area contributed by atoms with E-state index < -0.39 is 30.0 Å². The number of nitrogens with zero attached hydrogens (tertiary/aromatic N) is 4. The predicted octanol–water partition coefficient (Wildman–Crippen LogP) is 2.96. The van der Waals surface area contributed by atoms with E-state index in [2.05, 4.69) is 21.5 Å². The van der Waals surface area contributed by atoms with Gasteiger partial charge >= 0.3 is 12.1 Å². The number of nitrogens with two attached hydrogens (primary N) is 1. The molecule has 12 heteroatoms. The van der Waals surface area contributed by atoms with Gasteiger partial charge in [-0.05, 0) is 29.8 Å². The van der Waals surface area contributed by atoms with E-state index in [4.69, 9.17) is 10.9 Å². The van der Waals surface area contributed by atoms with Crippen LogP contribution in [-0.2, 0) is 22.3 Å². The number of thiazole rings is 1. The lowest BCUT2D eigenvalue weighted by atomic mass is 10.0. The molecule has 1 aliphatic rings. The molecule has 3 rings (SSSR count). The smallest absolute Gasteiger partial charge is 0.416 e. The lowest BCUT2D eigenvalue weighted by Gasteiger charge is -2.17. The lowest BCUT2D eigenvalue weighted by Crippen LogP contribution is -2.44. The highest BCUT2D eigenvalue weighted by Crippen LogP contribution is 2.33. The number of fused-ring (bicyclic) bond motifs is 1. The second kappa shape index (κ2) is 8.78. The highest BCUT2D eigenvalue weighted by Gasteiger charge is 2.31. The Kier molecular flexibility index (Phi) is 6.32. The number of alkyl halides is 3. The van der Waals surface area contributed by atoms with Gasteiger partial charge in [-0.3, -0.25) is 19.6 Å². The molecule has 162 valence electrons. The maximum atomic E-state index is 12.9. The van der Waals surface area contributed by atoms with Crippen LogP contribution in [0.5, 0.6) is 0 Å². The largest absolute Gasteiger partial charge is 0.481 e. The van der Waals surface area contributed by atoms with Crippen LogP contribution in [0.3, 0.4) is 0 Å². The van der Waals surface area contributed by atoms with Gasteiger partial charge in [0.25, 0.3) is 5.91 Å². The number of carboxylic acids is 1. The molecule has 0 spiro atoms. The average Bonchev–Trinajstić information content (AvgIpc) is 2.91. The molecule has 0 unspecified atom stereocenters. The molecule has 1 aromatic carbocycles. The predicted molar refractivity (Wildman–Crippen MR) is 110 cm³/mol. The van der Waals surface area contributed by atoms with Gasteiger partial charge in [-0.1, -0.05) is 6.58 Å². The van der Waals surface area contributed by atoms with E-state index in [1.165, 1.54) is 12.3 Å². The Balaban J connectivity index is 1.82. The van der Waals surface area contributed by atoms with Gasteiger partial charge in [0.2, 0.25) is 0 Å². The number of aliphatic imine (C=N–C) groups is 2. The monoisotopic (exact) mass is 451 g/mol. The number of hydrogen-bond acceptors (Lipinski definition) is 7. The van der Waals surface area contributed by atoms with Crippen LogP contribution in [0.2, 0.25) is 0 Å². The average molecular weight is 451 g/mol. The minimum Gasteiger partial charge on any atom is -0.481 e. The van der Waals surface area contributed by atoms with Crippen molar-refractivity contribution in [1.29, 1.82) is 0 Å². The Labute approximate surface area is 177 Å². The quantitative estimate of drug-likeness (QED) is 0.397. The van der Waals surface area contributed by atoms with Crippen LogP contribution in [0.25, 0.3) is 10.2 Å². The van der Waals surface area contributed by atoms with Crippen molar-refractivity contribution in [2.24, 2.45) is 15.8 Å². The van der Waals surface area contributed by atoms with Crippen molar-refractivity contribution in [2.45, 2.75) is 19.1 Å². The zero-order chi connectivity index (χ0) is 22.8. The first-order chi connectivity index (χ1) is 14.6. The second-order valence-corrected chi connectivity index (χ2v) is 7.56. The van der Waals surface area contributed by atoms with Crippen LogP contribution in [0, 0.1) is 0 Å². The fraction of sp³-hybridized carbons (Fsp3) is 0.211. The maximum absolute atomic E-state index is 12.9. The Hall–Kier alpha value is -3.38. The third-order valence-electron chi connectivity index (χ3n) is 4.12. The van der Waals surface area contributed by atoms with Crippen molar-refractivity contribution in [3.05, 3.63) is 53.2 Å². The molecular formula is C19H16F3N5O3S. The van der Waals surface area contributed by atoms with E-state index in [1.807, 2.05) is 0 Å². The summed E-state index contributed by atoms with van der Waals surface area (Å²) in [5.74, 6) is 3.98. The summed E-state index contributed by atoms with van der Waals surface area (Å²) < 4.78 is 39.2. The molecule has 8 nitrogen and oxygen atoms in total. The number of carbonyl (C=O) groups is 2. The number of benzene rings is 1. The van der Waals surface area contributed by atoms with Gasteiger partial charge in [-0.2, -0.15) is 13.2 Å². The fourth-order valence-corrected chi connectivity index (χ4v) is 3.68. The van der Waals surface area contributed by atoms with Crippen molar-refractivity contribution in [1.82, 2.24) is 9.99 Å². The highest BCUT2D eigenvalue weighted by molar-refractivity contribution is 7.18. The van der Waals surface area contributed by atoms with Crippen LogP contribution in [0.15, 0.2) is 52.6 Å².